The van der Waals surface area contributed by atoms with Crippen LogP contribution in [-0.4, -0.2) is 28.3 Å². The lowest BCUT2D eigenvalue weighted by Gasteiger charge is -2.07. The van der Waals surface area contributed by atoms with Crippen molar-refractivity contribution in [3.8, 4) is 0 Å². The summed E-state index contributed by atoms with van der Waals surface area (Å²) in [6.07, 6.45) is 4.37. The van der Waals surface area contributed by atoms with Crippen LogP contribution in [0.2, 0.25) is 0 Å². The summed E-state index contributed by atoms with van der Waals surface area (Å²) in [7, 11) is -7.37. The second-order valence-corrected chi connectivity index (χ2v) is 8.08. The van der Waals surface area contributed by atoms with Crippen LogP contribution in [0.3, 0.4) is 0 Å². The Kier molecular flexibility index (Phi) is 7.98. The van der Waals surface area contributed by atoms with Crippen molar-refractivity contribution < 1.29 is 16.8 Å². The second kappa shape index (κ2) is 8.05. The molecule has 0 aliphatic carbocycles. The predicted molar refractivity (Wildman–Crippen MR) is 69.8 cm³/mol. The van der Waals surface area contributed by atoms with E-state index in [9.17, 15) is 16.8 Å². The standard InChI is InChI=1S/C10H23NO4S2/c1-3-5-7-9-16(12,13)11-17(14,15)10-8-6-4-2/h11H,3-10H2,1-2H3. The molecule has 0 aliphatic rings. The van der Waals surface area contributed by atoms with Crippen LogP contribution in [0.25, 0.3) is 0 Å². The van der Waals surface area contributed by atoms with Crippen LogP contribution >= 0.6 is 0 Å². The maximum Gasteiger partial charge on any atom is 0.224 e. The molecule has 0 spiro atoms. The second-order valence-electron chi connectivity index (χ2n) is 4.14. The molecule has 0 aliphatic heterocycles. The first-order chi connectivity index (χ1) is 7.83. The molecular weight excluding hydrogens is 262 g/mol. The summed E-state index contributed by atoms with van der Waals surface area (Å²) in [5, 5.41) is 0. The van der Waals surface area contributed by atoms with Crippen LogP contribution in [0.15, 0.2) is 0 Å². The normalized spacial score (nSPS) is 12.8. The van der Waals surface area contributed by atoms with E-state index in [1.54, 1.807) is 4.13 Å². The Labute approximate surface area is 105 Å². The molecule has 7 heteroatoms. The fourth-order valence-corrected chi connectivity index (χ4v) is 4.74. The third-order valence-electron chi connectivity index (χ3n) is 2.29. The van der Waals surface area contributed by atoms with Gasteiger partial charge in [0.15, 0.2) is 0 Å². The number of nitrogens with one attached hydrogen (secondary N) is 1. The highest BCUT2D eigenvalue weighted by atomic mass is 32.3. The molecule has 0 fully saturated rings. The van der Waals surface area contributed by atoms with Crippen LogP contribution in [0.5, 0.6) is 0 Å². The highest BCUT2D eigenvalue weighted by Gasteiger charge is 2.19. The molecule has 17 heavy (non-hydrogen) atoms. The number of sulfonamides is 2. The Hall–Kier alpha value is -0.140. The highest BCUT2D eigenvalue weighted by Crippen LogP contribution is 2.02. The van der Waals surface area contributed by atoms with Gasteiger partial charge < -0.3 is 0 Å². The number of unbranched alkanes of at least 4 members (excludes halogenated alkanes) is 4. The number of hydrogen-bond acceptors (Lipinski definition) is 4. The van der Waals surface area contributed by atoms with Gasteiger partial charge in [-0.2, -0.15) is 0 Å². The molecule has 0 bridgehead atoms. The van der Waals surface area contributed by atoms with E-state index in [1.165, 1.54) is 0 Å². The van der Waals surface area contributed by atoms with E-state index < -0.39 is 20.0 Å². The van der Waals surface area contributed by atoms with E-state index in [1.807, 2.05) is 13.8 Å². The molecule has 0 aromatic heterocycles. The summed E-state index contributed by atoms with van der Waals surface area (Å²) in [6, 6.07) is 0. The summed E-state index contributed by atoms with van der Waals surface area (Å²) in [5.41, 5.74) is 0. The van der Waals surface area contributed by atoms with E-state index in [0.29, 0.717) is 12.8 Å². The summed E-state index contributed by atoms with van der Waals surface area (Å²) in [5.74, 6) is -0.234. The molecule has 0 unspecified atom stereocenters. The topological polar surface area (TPSA) is 80.3 Å². The highest BCUT2D eigenvalue weighted by molar-refractivity contribution is 8.04. The minimum absolute atomic E-state index is 0.117. The van der Waals surface area contributed by atoms with Gasteiger partial charge in [-0.25, -0.2) is 16.8 Å². The third kappa shape index (κ3) is 9.55. The molecule has 0 aromatic rings. The van der Waals surface area contributed by atoms with Crippen molar-refractivity contribution in [1.29, 1.82) is 0 Å². The largest absolute Gasteiger partial charge is 0.224 e. The molecule has 1 N–H and O–H groups in total. The third-order valence-corrected chi connectivity index (χ3v) is 5.97. The first kappa shape index (κ1) is 16.9. The average Bonchev–Trinajstić information content (AvgIpc) is 2.16. The zero-order valence-electron chi connectivity index (χ0n) is 10.6. The van der Waals surface area contributed by atoms with Crippen molar-refractivity contribution in [2.75, 3.05) is 11.5 Å². The van der Waals surface area contributed by atoms with E-state index >= 15 is 0 Å². The van der Waals surface area contributed by atoms with Crippen LogP contribution in [0.4, 0.5) is 0 Å². The molecule has 104 valence electrons. The fourth-order valence-electron chi connectivity index (χ4n) is 1.36. The van der Waals surface area contributed by atoms with Gasteiger partial charge in [-0.05, 0) is 12.8 Å². The summed E-state index contributed by atoms with van der Waals surface area (Å²) >= 11 is 0. The maximum atomic E-state index is 11.5. The Morgan fingerprint density at radius 1 is 0.706 bits per heavy atom. The average molecular weight is 285 g/mol. The van der Waals surface area contributed by atoms with Crippen molar-refractivity contribution in [2.45, 2.75) is 52.4 Å². The quantitative estimate of drug-likeness (QED) is 0.618. The minimum atomic E-state index is -3.69. The lowest BCUT2D eigenvalue weighted by molar-refractivity contribution is 0.571. The van der Waals surface area contributed by atoms with Crippen molar-refractivity contribution in [2.24, 2.45) is 0 Å². The Balaban J connectivity index is 4.19. The molecule has 0 radical (unpaired) electrons. The summed E-state index contributed by atoms with van der Waals surface area (Å²) < 4.78 is 47.6. The maximum absolute atomic E-state index is 11.5. The Morgan fingerprint density at radius 2 is 1.06 bits per heavy atom. The zero-order chi connectivity index (χ0) is 13.4. The van der Waals surface area contributed by atoms with Crippen LogP contribution < -0.4 is 4.13 Å². The van der Waals surface area contributed by atoms with Crippen molar-refractivity contribution in [3.63, 3.8) is 0 Å². The SMILES string of the molecule is CCCCCS(=O)(=O)NS(=O)(=O)CCCCC. The first-order valence-corrected chi connectivity index (χ1v) is 9.37. The number of hydrogen-bond donors (Lipinski definition) is 1. The molecule has 0 amide bonds. The Bertz CT molecular complexity index is 349. The molecule has 0 heterocycles. The zero-order valence-corrected chi connectivity index (χ0v) is 12.2. The van der Waals surface area contributed by atoms with Gasteiger partial charge in [0.2, 0.25) is 20.0 Å². The van der Waals surface area contributed by atoms with Crippen molar-refractivity contribution in [1.82, 2.24) is 4.13 Å². The van der Waals surface area contributed by atoms with Gasteiger partial charge in [-0.3, -0.25) is 0 Å². The van der Waals surface area contributed by atoms with E-state index in [4.69, 9.17) is 0 Å². The lowest BCUT2D eigenvalue weighted by atomic mass is 10.3. The minimum Gasteiger partial charge on any atom is -0.211 e. The molecule has 0 rings (SSSR count). The van der Waals surface area contributed by atoms with Gasteiger partial charge in [0.25, 0.3) is 0 Å². The Morgan fingerprint density at radius 3 is 1.35 bits per heavy atom. The van der Waals surface area contributed by atoms with Crippen molar-refractivity contribution in [3.05, 3.63) is 0 Å². The van der Waals surface area contributed by atoms with E-state index in [2.05, 4.69) is 0 Å². The van der Waals surface area contributed by atoms with Crippen LogP contribution in [0.1, 0.15) is 52.4 Å². The van der Waals surface area contributed by atoms with Gasteiger partial charge in [-0.1, -0.05) is 39.5 Å². The van der Waals surface area contributed by atoms with Gasteiger partial charge in [0, 0.05) is 0 Å². The predicted octanol–water partition coefficient (Wildman–Crippen LogP) is 1.62. The smallest absolute Gasteiger partial charge is 0.211 e. The summed E-state index contributed by atoms with van der Waals surface area (Å²) in [6.45, 7) is 3.92. The molecule has 5 nitrogen and oxygen atoms in total. The van der Waals surface area contributed by atoms with Gasteiger partial charge in [0.05, 0.1) is 11.5 Å². The first-order valence-electron chi connectivity index (χ1n) is 6.07. The molecule has 0 saturated carbocycles. The van der Waals surface area contributed by atoms with E-state index in [0.717, 1.165) is 25.7 Å². The van der Waals surface area contributed by atoms with Crippen LogP contribution in [0, 0.1) is 0 Å². The monoisotopic (exact) mass is 285 g/mol. The van der Waals surface area contributed by atoms with Crippen LogP contribution in [-0.2, 0) is 20.0 Å². The van der Waals surface area contributed by atoms with E-state index in [-0.39, 0.29) is 11.5 Å². The lowest BCUT2D eigenvalue weighted by Crippen LogP contribution is -2.34. The summed E-state index contributed by atoms with van der Waals surface area (Å²) in [4.78, 5) is 0. The van der Waals surface area contributed by atoms with Gasteiger partial charge in [-0.15, -0.1) is 4.13 Å². The fraction of sp³-hybridized carbons (Fsp3) is 1.00. The molecule has 0 aromatic carbocycles. The van der Waals surface area contributed by atoms with Crippen molar-refractivity contribution >= 4 is 20.0 Å². The number of rotatable bonds is 10. The molecule has 0 atom stereocenters. The molecule has 0 saturated heterocycles. The van der Waals surface area contributed by atoms with Gasteiger partial charge >= 0.3 is 0 Å². The van der Waals surface area contributed by atoms with Gasteiger partial charge in [0.1, 0.15) is 0 Å². The molecular formula is C10H23NO4S2.